The van der Waals surface area contributed by atoms with Crippen molar-refractivity contribution in [2.24, 2.45) is 10.8 Å². The zero-order valence-electron chi connectivity index (χ0n) is 14.2. The summed E-state index contributed by atoms with van der Waals surface area (Å²) in [4.78, 5) is 12.3. The van der Waals surface area contributed by atoms with Gasteiger partial charge < -0.3 is 5.11 Å². The van der Waals surface area contributed by atoms with Crippen molar-refractivity contribution < 1.29 is 9.90 Å². The number of carbonyl (C=O) groups is 1. The second-order valence-electron chi connectivity index (χ2n) is 8.55. The quantitative estimate of drug-likeness (QED) is 0.670. The van der Waals surface area contributed by atoms with E-state index in [4.69, 9.17) is 0 Å². The molecule has 126 valence electrons. The molecule has 22 heavy (non-hydrogen) atoms. The number of aliphatic hydroxyl groups is 1. The molecule has 3 fully saturated rings. The van der Waals surface area contributed by atoms with Crippen LogP contribution in [0.15, 0.2) is 0 Å². The van der Waals surface area contributed by atoms with Crippen LogP contribution in [0.3, 0.4) is 0 Å². The summed E-state index contributed by atoms with van der Waals surface area (Å²) in [6.07, 6.45) is 19.1. The van der Waals surface area contributed by atoms with E-state index in [0.29, 0.717) is 5.78 Å². The van der Waals surface area contributed by atoms with E-state index < -0.39 is 0 Å². The van der Waals surface area contributed by atoms with Crippen LogP contribution in [0, 0.1) is 10.8 Å². The van der Waals surface area contributed by atoms with Crippen molar-refractivity contribution in [2.75, 3.05) is 0 Å². The molecular weight excluding hydrogens is 272 g/mol. The lowest BCUT2D eigenvalue weighted by atomic mass is 9.63. The minimum atomic E-state index is -0.149. The molecule has 2 heteroatoms. The number of aliphatic hydroxyl groups excluding tert-OH is 1. The van der Waals surface area contributed by atoms with Crippen LogP contribution in [0.5, 0.6) is 0 Å². The summed E-state index contributed by atoms with van der Waals surface area (Å²) in [7, 11) is 0. The van der Waals surface area contributed by atoms with Crippen LogP contribution in [0.25, 0.3) is 0 Å². The Morgan fingerprint density at radius 2 is 1.05 bits per heavy atom. The van der Waals surface area contributed by atoms with Gasteiger partial charge in [-0.15, -0.1) is 0 Å². The lowest BCUT2D eigenvalue weighted by molar-refractivity contribution is -0.118. The zero-order valence-corrected chi connectivity index (χ0v) is 14.2. The molecule has 0 aromatic heterocycles. The average Bonchev–Trinajstić information content (AvgIpc) is 2.85. The van der Waals surface area contributed by atoms with Gasteiger partial charge in [0.25, 0.3) is 0 Å². The van der Waals surface area contributed by atoms with Crippen molar-refractivity contribution in [3.8, 4) is 0 Å². The van der Waals surface area contributed by atoms with Gasteiger partial charge in [0.2, 0.25) is 0 Å². The summed E-state index contributed by atoms with van der Waals surface area (Å²) in [6, 6.07) is 0. The fourth-order valence-electron chi connectivity index (χ4n) is 6.00. The first-order valence-corrected chi connectivity index (χ1v) is 9.86. The predicted molar refractivity (Wildman–Crippen MR) is 89.8 cm³/mol. The van der Waals surface area contributed by atoms with Gasteiger partial charge in [0, 0.05) is 12.8 Å². The second-order valence-corrected chi connectivity index (χ2v) is 8.55. The van der Waals surface area contributed by atoms with Crippen molar-refractivity contribution in [2.45, 2.75) is 109 Å². The highest BCUT2D eigenvalue weighted by Crippen LogP contribution is 2.66. The third-order valence-electron chi connectivity index (χ3n) is 7.01. The summed E-state index contributed by atoms with van der Waals surface area (Å²) in [5.74, 6) is 0.483. The maximum absolute atomic E-state index is 12.3. The number of hydrogen-bond acceptors (Lipinski definition) is 2. The molecule has 3 saturated carbocycles. The van der Waals surface area contributed by atoms with Crippen LogP contribution >= 0.6 is 0 Å². The summed E-state index contributed by atoms with van der Waals surface area (Å²) in [6.45, 7) is 0. The Morgan fingerprint density at radius 3 is 1.45 bits per heavy atom. The van der Waals surface area contributed by atoms with Gasteiger partial charge in [0.15, 0.2) is 0 Å². The first kappa shape index (κ1) is 16.5. The van der Waals surface area contributed by atoms with Crippen LogP contribution in [-0.2, 0) is 4.79 Å². The molecule has 0 amide bonds. The smallest absolute Gasteiger partial charge is 0.134 e. The Balaban J connectivity index is 1.73. The molecule has 0 bridgehead atoms. The monoisotopic (exact) mass is 306 g/mol. The Kier molecular flexibility index (Phi) is 5.27. The van der Waals surface area contributed by atoms with Gasteiger partial charge in [-0.2, -0.15) is 0 Å². The molecule has 0 aromatic rings. The van der Waals surface area contributed by atoms with Crippen LogP contribution in [-0.4, -0.2) is 17.0 Å². The molecular formula is C20H34O2. The summed E-state index contributed by atoms with van der Waals surface area (Å²) in [5.41, 5.74) is 0.321. The van der Waals surface area contributed by atoms with E-state index in [2.05, 4.69) is 0 Å². The van der Waals surface area contributed by atoms with Gasteiger partial charge in [-0.05, 0) is 36.5 Å². The molecule has 0 spiro atoms. The van der Waals surface area contributed by atoms with E-state index in [1.165, 1.54) is 77.0 Å². The SMILES string of the molecule is O=C1CC23CCCCCCCCCCCCC2(C1)CC(O)C3. The maximum atomic E-state index is 12.3. The molecule has 0 aromatic carbocycles. The number of Topliss-reactive ketones (excluding diaryl/α,β-unsaturated/α-hetero) is 1. The van der Waals surface area contributed by atoms with Gasteiger partial charge >= 0.3 is 0 Å². The average molecular weight is 306 g/mol. The Hall–Kier alpha value is -0.370. The minimum absolute atomic E-state index is 0.149. The van der Waals surface area contributed by atoms with Gasteiger partial charge in [-0.3, -0.25) is 4.79 Å². The van der Waals surface area contributed by atoms with E-state index in [9.17, 15) is 9.90 Å². The molecule has 1 N–H and O–H groups in total. The van der Waals surface area contributed by atoms with Crippen molar-refractivity contribution in [1.82, 2.24) is 0 Å². The van der Waals surface area contributed by atoms with Gasteiger partial charge in [0.1, 0.15) is 5.78 Å². The molecule has 3 aliphatic carbocycles. The predicted octanol–water partition coefficient (Wildman–Crippen LogP) is 5.17. The topological polar surface area (TPSA) is 37.3 Å². The zero-order chi connectivity index (χ0) is 15.5. The Labute approximate surface area is 136 Å². The molecule has 3 aliphatic rings. The van der Waals surface area contributed by atoms with Gasteiger partial charge in [-0.25, -0.2) is 0 Å². The molecule has 0 radical (unpaired) electrons. The first-order chi connectivity index (χ1) is 10.7. The summed E-state index contributed by atoms with van der Waals surface area (Å²) >= 11 is 0. The standard InChI is InChI=1S/C20H34O2/c21-17-13-19-11-9-7-5-3-1-2-4-6-8-10-12-20(19,15-17)16-18(22)14-19/h17,21H,1-16H2. The highest BCUT2D eigenvalue weighted by Gasteiger charge is 2.61. The summed E-state index contributed by atoms with van der Waals surface area (Å²) < 4.78 is 0. The van der Waals surface area contributed by atoms with Gasteiger partial charge in [-0.1, -0.05) is 64.2 Å². The fraction of sp³-hybridized carbons (Fsp3) is 0.950. The van der Waals surface area contributed by atoms with Crippen molar-refractivity contribution in [1.29, 1.82) is 0 Å². The number of ketones is 1. The maximum Gasteiger partial charge on any atom is 0.134 e. The Morgan fingerprint density at radius 1 is 0.682 bits per heavy atom. The number of rotatable bonds is 0. The lowest BCUT2D eigenvalue weighted by Gasteiger charge is -2.40. The molecule has 3 rings (SSSR count). The van der Waals surface area contributed by atoms with E-state index in [1.807, 2.05) is 0 Å². The minimum Gasteiger partial charge on any atom is -0.393 e. The van der Waals surface area contributed by atoms with Crippen molar-refractivity contribution >= 4 is 5.78 Å². The van der Waals surface area contributed by atoms with Gasteiger partial charge in [0.05, 0.1) is 6.10 Å². The molecule has 0 saturated heterocycles. The number of carbonyl (C=O) groups excluding carboxylic acids is 1. The fourth-order valence-corrected chi connectivity index (χ4v) is 6.00. The first-order valence-electron chi connectivity index (χ1n) is 9.86. The third-order valence-corrected chi connectivity index (χ3v) is 7.01. The van der Waals surface area contributed by atoms with Crippen LogP contribution in [0.2, 0.25) is 0 Å². The van der Waals surface area contributed by atoms with Crippen molar-refractivity contribution in [3.63, 3.8) is 0 Å². The number of hydrogen-bond donors (Lipinski definition) is 1. The molecule has 0 heterocycles. The molecule has 2 nitrogen and oxygen atoms in total. The largest absolute Gasteiger partial charge is 0.393 e. The van der Waals surface area contributed by atoms with E-state index in [-0.39, 0.29) is 16.9 Å². The van der Waals surface area contributed by atoms with E-state index >= 15 is 0 Å². The second kappa shape index (κ2) is 7.03. The van der Waals surface area contributed by atoms with Crippen LogP contribution in [0.1, 0.15) is 103 Å². The van der Waals surface area contributed by atoms with Crippen LogP contribution < -0.4 is 0 Å². The van der Waals surface area contributed by atoms with Crippen molar-refractivity contribution in [3.05, 3.63) is 0 Å². The summed E-state index contributed by atoms with van der Waals surface area (Å²) in [5, 5.41) is 10.4. The highest BCUT2D eigenvalue weighted by molar-refractivity contribution is 5.83. The molecule has 0 aliphatic heterocycles. The molecule has 2 unspecified atom stereocenters. The third kappa shape index (κ3) is 3.27. The highest BCUT2D eigenvalue weighted by atomic mass is 16.3. The van der Waals surface area contributed by atoms with E-state index in [1.54, 1.807) is 0 Å². The lowest BCUT2D eigenvalue weighted by Crippen LogP contribution is -2.32. The Bertz CT molecular complexity index is 357. The van der Waals surface area contributed by atoms with Crippen LogP contribution in [0.4, 0.5) is 0 Å². The normalized spacial score (nSPS) is 41.7. The molecule has 2 atom stereocenters. The van der Waals surface area contributed by atoms with E-state index in [0.717, 1.165) is 25.7 Å².